The van der Waals surface area contributed by atoms with E-state index in [2.05, 4.69) is 10.6 Å². The number of nitrogens with one attached hydrogen (secondary N) is 2. The number of hydrogen-bond acceptors (Lipinski definition) is 3. The zero-order valence-corrected chi connectivity index (χ0v) is 13.3. The highest BCUT2D eigenvalue weighted by Crippen LogP contribution is 2.25. The van der Waals surface area contributed by atoms with Crippen molar-refractivity contribution < 1.29 is 18.3 Å². The molecule has 1 heterocycles. The van der Waals surface area contributed by atoms with Gasteiger partial charge in [-0.25, -0.2) is 8.78 Å². The van der Waals surface area contributed by atoms with Gasteiger partial charge in [0.25, 0.3) is 0 Å². The molecule has 2 aromatic rings. The van der Waals surface area contributed by atoms with Gasteiger partial charge in [0.2, 0.25) is 5.91 Å². The minimum Gasteiger partial charge on any atom is -0.496 e. The third kappa shape index (κ3) is 3.38. The van der Waals surface area contributed by atoms with Crippen molar-refractivity contribution in [3.05, 3.63) is 58.7 Å². The number of hydrogen-bond donors (Lipinski definition) is 2. The molecule has 0 aliphatic carbocycles. The first kappa shape index (κ1) is 16.4. The van der Waals surface area contributed by atoms with Gasteiger partial charge < -0.3 is 15.4 Å². The fourth-order valence-electron chi connectivity index (χ4n) is 2.88. The van der Waals surface area contributed by atoms with Crippen LogP contribution < -0.4 is 15.4 Å². The Balaban J connectivity index is 1.77. The number of carbonyl (C=O) groups excluding carboxylic acids is 1. The summed E-state index contributed by atoms with van der Waals surface area (Å²) in [5.41, 5.74) is 2.10. The molecule has 0 aromatic heterocycles. The molecule has 0 spiro atoms. The van der Waals surface area contributed by atoms with Crippen molar-refractivity contribution in [2.45, 2.75) is 19.4 Å². The second kappa shape index (κ2) is 6.97. The lowest BCUT2D eigenvalue weighted by atomic mass is 9.99. The zero-order chi connectivity index (χ0) is 17.1. The molecule has 24 heavy (non-hydrogen) atoms. The van der Waals surface area contributed by atoms with Crippen molar-refractivity contribution in [2.24, 2.45) is 0 Å². The number of rotatable bonds is 4. The van der Waals surface area contributed by atoms with E-state index in [0.29, 0.717) is 36.4 Å². The summed E-state index contributed by atoms with van der Waals surface area (Å²) in [4.78, 5) is 12.2. The van der Waals surface area contributed by atoms with Crippen molar-refractivity contribution in [3.8, 4) is 5.75 Å². The number of carbonyl (C=O) groups is 1. The van der Waals surface area contributed by atoms with Gasteiger partial charge in [0, 0.05) is 12.1 Å². The second-order valence-corrected chi connectivity index (χ2v) is 5.67. The van der Waals surface area contributed by atoms with Gasteiger partial charge in [-0.2, -0.15) is 0 Å². The van der Waals surface area contributed by atoms with Crippen LogP contribution in [0.2, 0.25) is 0 Å². The number of benzene rings is 2. The average molecular weight is 332 g/mol. The number of amides is 1. The molecule has 0 saturated heterocycles. The van der Waals surface area contributed by atoms with Crippen molar-refractivity contribution in [3.63, 3.8) is 0 Å². The SMILES string of the molecule is COc1ccc(F)cc1CC(=O)Nc1ccc2c(c1F)CCNC2. The monoisotopic (exact) mass is 332 g/mol. The summed E-state index contributed by atoms with van der Waals surface area (Å²) < 4.78 is 33.0. The molecule has 0 saturated carbocycles. The Morgan fingerprint density at radius 3 is 2.92 bits per heavy atom. The normalized spacial score (nSPS) is 13.3. The summed E-state index contributed by atoms with van der Waals surface area (Å²) in [5, 5.41) is 5.74. The Morgan fingerprint density at radius 2 is 2.12 bits per heavy atom. The molecule has 3 rings (SSSR count). The van der Waals surface area contributed by atoms with Gasteiger partial charge in [-0.05, 0) is 48.4 Å². The van der Waals surface area contributed by atoms with Crippen LogP contribution >= 0.6 is 0 Å². The zero-order valence-electron chi connectivity index (χ0n) is 13.3. The van der Waals surface area contributed by atoms with E-state index < -0.39 is 17.5 Å². The molecule has 2 aromatic carbocycles. The Morgan fingerprint density at radius 1 is 1.29 bits per heavy atom. The van der Waals surface area contributed by atoms with Crippen LogP contribution in [-0.2, 0) is 24.2 Å². The van der Waals surface area contributed by atoms with Crippen LogP contribution in [0.4, 0.5) is 14.5 Å². The summed E-state index contributed by atoms with van der Waals surface area (Å²) in [6.07, 6.45) is 0.488. The smallest absolute Gasteiger partial charge is 0.229 e. The van der Waals surface area contributed by atoms with Gasteiger partial charge in [-0.15, -0.1) is 0 Å². The van der Waals surface area contributed by atoms with E-state index in [1.54, 1.807) is 6.07 Å². The lowest BCUT2D eigenvalue weighted by Gasteiger charge is -2.19. The number of anilines is 1. The van der Waals surface area contributed by atoms with Crippen LogP contribution in [0.5, 0.6) is 5.75 Å². The molecule has 0 bridgehead atoms. The van der Waals surface area contributed by atoms with E-state index in [9.17, 15) is 13.6 Å². The number of halogens is 2. The molecular weight excluding hydrogens is 314 g/mol. The predicted octanol–water partition coefficient (Wildman–Crippen LogP) is 2.80. The van der Waals surface area contributed by atoms with Crippen LogP contribution in [0.1, 0.15) is 16.7 Å². The molecule has 1 aliphatic heterocycles. The first-order valence-electron chi connectivity index (χ1n) is 7.71. The van der Waals surface area contributed by atoms with E-state index >= 15 is 0 Å². The van der Waals surface area contributed by atoms with E-state index in [1.807, 2.05) is 6.07 Å². The van der Waals surface area contributed by atoms with E-state index in [0.717, 1.165) is 5.56 Å². The highest BCUT2D eigenvalue weighted by atomic mass is 19.1. The fraction of sp³-hybridized carbons (Fsp3) is 0.278. The Hall–Kier alpha value is -2.47. The first-order valence-corrected chi connectivity index (χ1v) is 7.71. The molecule has 1 aliphatic rings. The third-order valence-electron chi connectivity index (χ3n) is 4.07. The lowest BCUT2D eigenvalue weighted by molar-refractivity contribution is -0.115. The highest BCUT2D eigenvalue weighted by Gasteiger charge is 2.18. The minimum absolute atomic E-state index is 0.0982. The van der Waals surface area contributed by atoms with Crippen LogP contribution in [-0.4, -0.2) is 19.6 Å². The van der Waals surface area contributed by atoms with E-state index in [1.165, 1.54) is 25.3 Å². The number of ether oxygens (including phenoxy) is 1. The van der Waals surface area contributed by atoms with Crippen LogP contribution in [0.3, 0.4) is 0 Å². The average Bonchev–Trinajstić information content (AvgIpc) is 2.58. The van der Waals surface area contributed by atoms with Crippen molar-refractivity contribution >= 4 is 11.6 Å². The molecule has 126 valence electrons. The van der Waals surface area contributed by atoms with Gasteiger partial charge in [-0.3, -0.25) is 4.79 Å². The van der Waals surface area contributed by atoms with Crippen LogP contribution in [0.15, 0.2) is 30.3 Å². The standard InChI is InChI=1S/C18H18F2N2O2/c1-24-16-5-3-13(19)8-12(16)9-17(23)22-15-4-2-11-10-21-7-6-14(11)18(15)20/h2-5,8,21H,6-7,9-10H2,1H3,(H,22,23). The molecule has 0 fully saturated rings. The summed E-state index contributed by atoms with van der Waals surface area (Å²) in [6.45, 7) is 1.34. The van der Waals surface area contributed by atoms with Gasteiger partial charge in [0.15, 0.2) is 0 Å². The van der Waals surface area contributed by atoms with Crippen molar-refractivity contribution in [1.29, 1.82) is 0 Å². The second-order valence-electron chi connectivity index (χ2n) is 5.67. The Bertz CT molecular complexity index is 778. The largest absolute Gasteiger partial charge is 0.496 e. The maximum absolute atomic E-state index is 14.5. The Labute approximate surface area is 138 Å². The van der Waals surface area contributed by atoms with E-state index in [4.69, 9.17) is 4.74 Å². The van der Waals surface area contributed by atoms with Gasteiger partial charge in [-0.1, -0.05) is 6.07 Å². The maximum atomic E-state index is 14.5. The predicted molar refractivity (Wildman–Crippen MR) is 87.1 cm³/mol. The molecule has 6 heteroatoms. The Kier molecular flexibility index (Phi) is 4.76. The number of methoxy groups -OCH3 is 1. The highest BCUT2D eigenvalue weighted by molar-refractivity contribution is 5.93. The molecule has 0 atom stereocenters. The van der Waals surface area contributed by atoms with E-state index in [-0.39, 0.29) is 12.1 Å². The van der Waals surface area contributed by atoms with Crippen molar-refractivity contribution in [1.82, 2.24) is 5.32 Å². The summed E-state index contributed by atoms with van der Waals surface area (Å²) in [7, 11) is 1.45. The van der Waals surface area contributed by atoms with Gasteiger partial charge in [0.1, 0.15) is 17.4 Å². The molecule has 1 amide bonds. The lowest BCUT2D eigenvalue weighted by Crippen LogP contribution is -2.25. The van der Waals surface area contributed by atoms with Gasteiger partial charge in [0.05, 0.1) is 19.2 Å². The third-order valence-corrected chi connectivity index (χ3v) is 4.07. The maximum Gasteiger partial charge on any atom is 0.229 e. The topological polar surface area (TPSA) is 50.4 Å². The quantitative estimate of drug-likeness (QED) is 0.905. The minimum atomic E-state index is -0.453. The van der Waals surface area contributed by atoms with Gasteiger partial charge >= 0.3 is 0 Å². The summed E-state index contributed by atoms with van der Waals surface area (Å²) in [5.74, 6) is -0.852. The first-order chi connectivity index (χ1) is 11.6. The molecule has 2 N–H and O–H groups in total. The van der Waals surface area contributed by atoms with Crippen LogP contribution in [0.25, 0.3) is 0 Å². The number of fused-ring (bicyclic) bond motifs is 1. The summed E-state index contributed by atoms with van der Waals surface area (Å²) >= 11 is 0. The molecule has 0 radical (unpaired) electrons. The van der Waals surface area contributed by atoms with Crippen LogP contribution in [0, 0.1) is 11.6 Å². The fourth-order valence-corrected chi connectivity index (χ4v) is 2.88. The molecule has 4 nitrogen and oxygen atoms in total. The molecular formula is C18H18F2N2O2. The molecule has 0 unspecified atom stereocenters. The summed E-state index contributed by atoms with van der Waals surface area (Å²) in [6, 6.07) is 7.33. The van der Waals surface area contributed by atoms with Crippen molar-refractivity contribution in [2.75, 3.05) is 19.0 Å².